The minimum Gasteiger partial charge on any atom is -0.313 e. The van der Waals surface area contributed by atoms with E-state index in [4.69, 9.17) is 0 Å². The molecule has 1 heterocycles. The van der Waals surface area contributed by atoms with Crippen LogP contribution in [-0.4, -0.2) is 30.6 Å². The predicted molar refractivity (Wildman–Crippen MR) is 82.8 cm³/mol. The van der Waals surface area contributed by atoms with Crippen LogP contribution < -0.4 is 5.32 Å². The number of rotatable bonds is 5. The molecule has 0 radical (unpaired) electrons. The van der Waals surface area contributed by atoms with E-state index in [0.29, 0.717) is 12.1 Å². The Labute approximate surface area is 126 Å². The van der Waals surface area contributed by atoms with Crippen LogP contribution in [0.25, 0.3) is 0 Å². The molecule has 2 nitrogen and oxygen atoms in total. The number of fused-ring (bicyclic) bond motifs is 1. The lowest BCUT2D eigenvalue weighted by molar-refractivity contribution is 0.172. The van der Waals surface area contributed by atoms with Crippen LogP contribution in [0.2, 0.25) is 0 Å². The number of halogens is 1. The van der Waals surface area contributed by atoms with Gasteiger partial charge >= 0.3 is 0 Å². The van der Waals surface area contributed by atoms with Crippen LogP contribution >= 0.6 is 0 Å². The van der Waals surface area contributed by atoms with Crippen molar-refractivity contribution in [2.45, 2.75) is 50.6 Å². The minimum atomic E-state index is -0.0828. The van der Waals surface area contributed by atoms with E-state index in [1.807, 2.05) is 6.07 Å². The van der Waals surface area contributed by atoms with Gasteiger partial charge in [0, 0.05) is 25.2 Å². The van der Waals surface area contributed by atoms with E-state index in [9.17, 15) is 4.39 Å². The molecule has 0 bridgehead atoms. The number of nitrogens with zero attached hydrogens (tertiary/aromatic N) is 1. The van der Waals surface area contributed by atoms with Crippen molar-refractivity contribution in [3.8, 4) is 0 Å². The Kier molecular flexibility index (Phi) is 3.72. The van der Waals surface area contributed by atoms with E-state index >= 15 is 0 Å². The van der Waals surface area contributed by atoms with Crippen LogP contribution in [0.15, 0.2) is 18.2 Å². The Morgan fingerprint density at radius 1 is 1.14 bits per heavy atom. The molecule has 2 fully saturated rings. The second-order valence-electron chi connectivity index (χ2n) is 7.09. The average molecular weight is 288 g/mol. The average Bonchev–Trinajstić information content (AvgIpc) is 2.99. The van der Waals surface area contributed by atoms with Crippen LogP contribution in [0, 0.1) is 11.7 Å². The summed E-state index contributed by atoms with van der Waals surface area (Å²) >= 11 is 0. The summed E-state index contributed by atoms with van der Waals surface area (Å²) in [5.74, 6) is 0.830. The van der Waals surface area contributed by atoms with Crippen molar-refractivity contribution in [2.75, 3.05) is 19.6 Å². The molecule has 1 saturated carbocycles. The highest BCUT2D eigenvalue weighted by molar-refractivity contribution is 5.35. The monoisotopic (exact) mass is 288 g/mol. The first-order valence-electron chi connectivity index (χ1n) is 8.55. The Hall–Kier alpha value is -0.930. The van der Waals surface area contributed by atoms with Crippen molar-refractivity contribution in [3.63, 3.8) is 0 Å². The summed E-state index contributed by atoms with van der Waals surface area (Å²) in [5.41, 5.74) is 2.62. The van der Waals surface area contributed by atoms with E-state index in [1.54, 1.807) is 12.1 Å². The Balaban J connectivity index is 1.52. The number of hydrogen-bond donors (Lipinski definition) is 1. The van der Waals surface area contributed by atoms with E-state index in [0.717, 1.165) is 25.3 Å². The lowest BCUT2D eigenvalue weighted by Gasteiger charge is -2.32. The zero-order valence-corrected chi connectivity index (χ0v) is 12.7. The van der Waals surface area contributed by atoms with Crippen molar-refractivity contribution in [1.82, 2.24) is 10.2 Å². The van der Waals surface area contributed by atoms with Crippen molar-refractivity contribution >= 4 is 0 Å². The Bertz CT molecular complexity index is 506. The van der Waals surface area contributed by atoms with E-state index in [1.165, 1.54) is 49.9 Å². The Morgan fingerprint density at radius 3 is 2.81 bits per heavy atom. The van der Waals surface area contributed by atoms with Crippen molar-refractivity contribution in [2.24, 2.45) is 5.92 Å². The van der Waals surface area contributed by atoms with Gasteiger partial charge in [-0.2, -0.15) is 0 Å². The van der Waals surface area contributed by atoms with Gasteiger partial charge in [0.15, 0.2) is 0 Å². The molecule has 0 amide bonds. The molecular formula is C18H25FN2. The van der Waals surface area contributed by atoms with Gasteiger partial charge in [-0.05, 0) is 74.2 Å². The van der Waals surface area contributed by atoms with Gasteiger partial charge in [-0.1, -0.05) is 6.07 Å². The number of nitrogens with one attached hydrogen (secondary N) is 1. The molecule has 3 heteroatoms. The second-order valence-corrected chi connectivity index (χ2v) is 7.09. The van der Waals surface area contributed by atoms with Gasteiger partial charge < -0.3 is 5.32 Å². The molecule has 1 aromatic rings. The standard InChI is InChI=1S/C18H25FN2/c19-15-6-7-17-14(10-15)5-8-18(17)21(11-13-3-4-13)12-16-2-1-9-20-16/h6-7,10,13,16,18,20H,1-5,8-9,11-12H2. The van der Waals surface area contributed by atoms with Crippen LogP contribution in [0.4, 0.5) is 4.39 Å². The predicted octanol–water partition coefficient (Wildman–Crippen LogP) is 3.28. The van der Waals surface area contributed by atoms with Gasteiger partial charge in [-0.3, -0.25) is 4.90 Å². The zero-order chi connectivity index (χ0) is 14.2. The molecule has 21 heavy (non-hydrogen) atoms. The van der Waals surface area contributed by atoms with Crippen LogP contribution in [0.3, 0.4) is 0 Å². The van der Waals surface area contributed by atoms with Crippen molar-refractivity contribution in [3.05, 3.63) is 35.1 Å². The third kappa shape index (κ3) is 3.00. The summed E-state index contributed by atoms with van der Waals surface area (Å²) in [7, 11) is 0. The maximum atomic E-state index is 13.4. The molecule has 0 spiro atoms. The highest BCUT2D eigenvalue weighted by Crippen LogP contribution is 2.39. The molecule has 4 rings (SSSR count). The third-order valence-corrected chi connectivity index (χ3v) is 5.40. The van der Waals surface area contributed by atoms with E-state index in [2.05, 4.69) is 10.2 Å². The molecule has 1 aromatic carbocycles. The van der Waals surface area contributed by atoms with E-state index in [-0.39, 0.29) is 5.82 Å². The molecule has 3 aliphatic rings. The topological polar surface area (TPSA) is 15.3 Å². The maximum absolute atomic E-state index is 13.4. The van der Waals surface area contributed by atoms with Crippen LogP contribution in [0.5, 0.6) is 0 Å². The number of hydrogen-bond acceptors (Lipinski definition) is 2. The molecule has 1 aliphatic heterocycles. The third-order valence-electron chi connectivity index (χ3n) is 5.40. The fraction of sp³-hybridized carbons (Fsp3) is 0.667. The van der Waals surface area contributed by atoms with Gasteiger partial charge in [0.1, 0.15) is 5.82 Å². The van der Waals surface area contributed by atoms with E-state index < -0.39 is 0 Å². The number of aryl methyl sites for hydroxylation is 1. The molecule has 1 saturated heterocycles. The van der Waals surface area contributed by atoms with Crippen molar-refractivity contribution < 1.29 is 4.39 Å². The summed E-state index contributed by atoms with van der Waals surface area (Å²) in [5, 5.41) is 3.64. The summed E-state index contributed by atoms with van der Waals surface area (Å²) in [6.45, 7) is 3.58. The second kappa shape index (κ2) is 5.69. The van der Waals surface area contributed by atoms with Gasteiger partial charge in [0.05, 0.1) is 0 Å². The number of benzene rings is 1. The largest absolute Gasteiger partial charge is 0.313 e. The summed E-state index contributed by atoms with van der Waals surface area (Å²) < 4.78 is 13.4. The summed E-state index contributed by atoms with van der Waals surface area (Å²) in [6.07, 6.45) is 7.63. The molecule has 1 N–H and O–H groups in total. The van der Waals surface area contributed by atoms with Gasteiger partial charge in [0.25, 0.3) is 0 Å². The first-order valence-corrected chi connectivity index (χ1v) is 8.55. The molecule has 2 aliphatic carbocycles. The minimum absolute atomic E-state index is 0.0828. The fourth-order valence-corrected chi connectivity index (χ4v) is 4.10. The smallest absolute Gasteiger partial charge is 0.123 e. The van der Waals surface area contributed by atoms with Crippen molar-refractivity contribution in [1.29, 1.82) is 0 Å². The fourth-order valence-electron chi connectivity index (χ4n) is 4.10. The molecular weight excluding hydrogens is 263 g/mol. The molecule has 114 valence electrons. The lowest BCUT2D eigenvalue weighted by atomic mass is 10.0. The molecule has 0 aromatic heterocycles. The van der Waals surface area contributed by atoms with Gasteiger partial charge in [-0.25, -0.2) is 4.39 Å². The first kappa shape index (κ1) is 13.7. The van der Waals surface area contributed by atoms with Crippen LogP contribution in [0.1, 0.15) is 49.3 Å². The summed E-state index contributed by atoms with van der Waals surface area (Å²) in [4.78, 5) is 2.70. The first-order chi connectivity index (χ1) is 10.3. The Morgan fingerprint density at radius 2 is 2.05 bits per heavy atom. The van der Waals surface area contributed by atoms with Crippen LogP contribution in [-0.2, 0) is 6.42 Å². The maximum Gasteiger partial charge on any atom is 0.123 e. The lowest BCUT2D eigenvalue weighted by Crippen LogP contribution is -2.40. The highest BCUT2D eigenvalue weighted by Gasteiger charge is 2.34. The molecule has 2 unspecified atom stereocenters. The van der Waals surface area contributed by atoms with Gasteiger partial charge in [-0.15, -0.1) is 0 Å². The quantitative estimate of drug-likeness (QED) is 0.894. The molecule has 2 atom stereocenters. The summed E-state index contributed by atoms with van der Waals surface area (Å²) in [6, 6.07) is 6.60. The SMILES string of the molecule is Fc1ccc2c(c1)CCC2N(CC1CC1)CC1CCCN1. The zero-order valence-electron chi connectivity index (χ0n) is 12.7. The van der Waals surface area contributed by atoms with Gasteiger partial charge in [0.2, 0.25) is 0 Å². The normalized spacial score (nSPS) is 28.3. The highest BCUT2D eigenvalue weighted by atomic mass is 19.1.